The monoisotopic (exact) mass is 677 g/mol. The van der Waals surface area contributed by atoms with Crippen LogP contribution in [0.5, 0.6) is 5.75 Å². The molecular formula is C28H35N7O9S2. The molecule has 0 bridgehead atoms. The molecule has 1 fully saturated rings. The van der Waals surface area contributed by atoms with E-state index in [0.29, 0.717) is 11.4 Å². The van der Waals surface area contributed by atoms with Gasteiger partial charge in [-0.05, 0) is 34.6 Å². The molecule has 5 N–H and O–H groups in total. The number of aromatic amines is 1. The van der Waals surface area contributed by atoms with Crippen LogP contribution in [-0.4, -0.2) is 96.4 Å². The molecule has 2 aromatic rings. The molecule has 16 nitrogen and oxygen atoms in total. The summed E-state index contributed by atoms with van der Waals surface area (Å²) in [6.07, 6.45) is 1.14. The highest BCUT2D eigenvalue weighted by molar-refractivity contribution is 8.00. The van der Waals surface area contributed by atoms with E-state index in [2.05, 4.69) is 20.4 Å². The third kappa shape index (κ3) is 7.18. The first kappa shape index (κ1) is 34.5. The predicted octanol–water partition coefficient (Wildman–Crippen LogP) is -0.402. The number of thiazole rings is 1. The Balaban J connectivity index is 1.57. The van der Waals surface area contributed by atoms with E-state index in [0.717, 1.165) is 22.4 Å². The zero-order valence-electron chi connectivity index (χ0n) is 26.2. The van der Waals surface area contributed by atoms with Gasteiger partial charge in [0.15, 0.2) is 16.6 Å². The molecule has 2 aromatic heterocycles. The van der Waals surface area contributed by atoms with Crippen molar-refractivity contribution in [2.24, 2.45) is 5.16 Å². The number of aliphatic carboxylic acids is 1. The highest BCUT2D eigenvalue weighted by Crippen LogP contribution is 2.42. The molecule has 2 aliphatic heterocycles. The van der Waals surface area contributed by atoms with Gasteiger partial charge >= 0.3 is 5.97 Å². The summed E-state index contributed by atoms with van der Waals surface area (Å²) in [4.78, 5) is 77.3. The quantitative estimate of drug-likeness (QED) is 0.0828. The number of quaternary nitrogens is 1. The summed E-state index contributed by atoms with van der Waals surface area (Å²) in [6, 6.07) is 0.0683. The number of H-pyrrole nitrogens is 1. The molecule has 2 amide bonds. The molecule has 0 aliphatic carbocycles. The number of hydrogen-bond donors (Lipinski definition) is 4. The third-order valence-corrected chi connectivity index (χ3v) is 8.85. The number of pyridine rings is 1. The van der Waals surface area contributed by atoms with E-state index in [-0.39, 0.29) is 39.0 Å². The van der Waals surface area contributed by atoms with Crippen LogP contribution < -0.4 is 21.6 Å². The van der Waals surface area contributed by atoms with E-state index >= 15 is 0 Å². The van der Waals surface area contributed by atoms with Crippen LogP contribution in [0.1, 0.15) is 46.0 Å². The lowest BCUT2D eigenvalue weighted by molar-refractivity contribution is -0.866. The van der Waals surface area contributed by atoms with Crippen molar-refractivity contribution in [2.45, 2.75) is 63.8 Å². The molecule has 0 radical (unpaired) electrons. The van der Waals surface area contributed by atoms with Crippen molar-refractivity contribution in [1.82, 2.24) is 20.2 Å². The van der Waals surface area contributed by atoms with Gasteiger partial charge in [-0.2, -0.15) is 0 Å². The lowest BCUT2D eigenvalue weighted by Gasteiger charge is -2.51. The van der Waals surface area contributed by atoms with Crippen LogP contribution in [0.25, 0.3) is 0 Å². The number of esters is 1. The Labute approximate surface area is 271 Å². The first-order valence-corrected chi connectivity index (χ1v) is 15.8. The topological polar surface area (TPSA) is 229 Å². The number of carbonyl (C=O) groups is 4. The summed E-state index contributed by atoms with van der Waals surface area (Å²) >= 11 is 2.26. The molecule has 0 unspecified atom stereocenters. The van der Waals surface area contributed by atoms with Crippen LogP contribution in [0, 0.1) is 0 Å². The van der Waals surface area contributed by atoms with Crippen LogP contribution >= 0.6 is 23.1 Å². The van der Waals surface area contributed by atoms with Crippen LogP contribution in [0.2, 0.25) is 0 Å². The zero-order valence-corrected chi connectivity index (χ0v) is 27.8. The lowest BCUT2D eigenvalue weighted by atomic mass is 10.0. The number of aromatic nitrogens is 2. The number of oxime groups is 1. The van der Waals surface area contributed by atoms with E-state index in [1.807, 2.05) is 0 Å². The maximum atomic E-state index is 13.5. The molecule has 46 heavy (non-hydrogen) atoms. The molecule has 2 atom stereocenters. The molecule has 4 rings (SSSR count). The summed E-state index contributed by atoms with van der Waals surface area (Å²) in [5, 5.41) is 29.2. The number of nitrogen functional groups attached to an aromatic ring is 1. The smallest absolute Gasteiger partial charge is 0.353 e. The predicted molar refractivity (Wildman–Crippen MR) is 166 cm³/mol. The molecule has 2 aliphatic rings. The number of anilines is 1. The SMILES string of the molecule is CC(C)(C)OC(=O)C(C)(C)ON=C(C(=O)N[C@@H]1C(=O)N2C(C(=O)[O-])=C([N+](C)(C)Cc3cc(=O)c(O)c[nH]3)CS[C@@H]12)c1csc(N)n1. The molecule has 248 valence electrons. The van der Waals surface area contributed by atoms with Gasteiger partial charge in [0.2, 0.25) is 11.0 Å². The number of nitrogens with zero attached hydrogens (tertiary/aromatic N) is 4. The Morgan fingerprint density at radius 2 is 1.93 bits per heavy atom. The molecule has 4 heterocycles. The molecule has 0 saturated carbocycles. The van der Waals surface area contributed by atoms with E-state index in [9.17, 15) is 34.2 Å². The summed E-state index contributed by atoms with van der Waals surface area (Å²) in [7, 11) is 3.41. The van der Waals surface area contributed by atoms with E-state index in [4.69, 9.17) is 15.3 Å². The fourth-order valence-electron chi connectivity index (χ4n) is 4.58. The fourth-order valence-corrected chi connectivity index (χ4v) is 6.68. The highest BCUT2D eigenvalue weighted by atomic mass is 32.2. The van der Waals surface area contributed by atoms with Crippen molar-refractivity contribution in [2.75, 3.05) is 25.6 Å². The summed E-state index contributed by atoms with van der Waals surface area (Å²) in [5.74, 6) is -4.20. The second-order valence-corrected chi connectivity index (χ2v) is 14.6. The van der Waals surface area contributed by atoms with Gasteiger partial charge in [0, 0.05) is 17.6 Å². The minimum absolute atomic E-state index is 0.0313. The second-order valence-electron chi connectivity index (χ2n) is 12.6. The third-order valence-electron chi connectivity index (χ3n) is 6.91. The van der Waals surface area contributed by atoms with Crippen molar-refractivity contribution in [3.05, 3.63) is 50.6 Å². The van der Waals surface area contributed by atoms with Gasteiger partial charge in [0.25, 0.3) is 11.8 Å². The fraction of sp³-hybridized carbons (Fsp3) is 0.464. The van der Waals surface area contributed by atoms with Gasteiger partial charge in [-0.3, -0.25) is 23.8 Å². The first-order valence-electron chi connectivity index (χ1n) is 13.9. The molecule has 18 heteroatoms. The minimum Gasteiger partial charge on any atom is -0.543 e. The number of amides is 2. The van der Waals surface area contributed by atoms with Crippen LogP contribution in [0.15, 0.2) is 39.0 Å². The average molecular weight is 678 g/mol. The van der Waals surface area contributed by atoms with E-state index < -0.39 is 57.5 Å². The van der Waals surface area contributed by atoms with Crippen LogP contribution in [0.3, 0.4) is 0 Å². The molecule has 0 aromatic carbocycles. The number of carboxylic acids is 1. The summed E-state index contributed by atoms with van der Waals surface area (Å²) in [5.41, 5.74) is 2.84. The largest absolute Gasteiger partial charge is 0.543 e. The summed E-state index contributed by atoms with van der Waals surface area (Å²) in [6.45, 7) is 8.00. The lowest BCUT2D eigenvalue weighted by Crippen LogP contribution is -2.72. The highest BCUT2D eigenvalue weighted by Gasteiger charge is 2.55. The minimum atomic E-state index is -1.61. The van der Waals surface area contributed by atoms with Crippen LogP contribution in [-0.2, 0) is 35.3 Å². The number of hydrogen-bond acceptors (Lipinski definition) is 14. The van der Waals surface area contributed by atoms with Gasteiger partial charge in [0.05, 0.1) is 31.5 Å². The van der Waals surface area contributed by atoms with Crippen molar-refractivity contribution in [3.8, 4) is 5.75 Å². The van der Waals surface area contributed by atoms with Crippen molar-refractivity contribution in [1.29, 1.82) is 0 Å². The van der Waals surface area contributed by atoms with Crippen molar-refractivity contribution >= 4 is 57.7 Å². The number of fused-ring (bicyclic) bond motifs is 1. The molecular weight excluding hydrogens is 642 g/mol. The van der Waals surface area contributed by atoms with E-state index in [1.165, 1.54) is 37.1 Å². The summed E-state index contributed by atoms with van der Waals surface area (Å²) < 4.78 is 5.31. The average Bonchev–Trinajstić information content (AvgIpc) is 3.37. The Morgan fingerprint density at radius 1 is 1.26 bits per heavy atom. The van der Waals surface area contributed by atoms with Gasteiger partial charge < -0.3 is 40.6 Å². The number of ether oxygens (including phenoxy) is 1. The van der Waals surface area contributed by atoms with Gasteiger partial charge in [-0.25, -0.2) is 9.78 Å². The van der Waals surface area contributed by atoms with Gasteiger partial charge in [-0.1, -0.05) is 5.16 Å². The number of rotatable bonds is 10. The standard InChI is InChI=1S/C28H35N7O9S2/c1-27(2,3)43-25(42)28(4,5)44-33-18(14-11-46-26(29)31-14)21(38)32-19-22(39)34-20(24(40)41)15(12-45-23(19)34)35(6,7)10-13-8-16(36)17(37)9-30-13/h8-9,11,19,23H,10,12H2,1-7H3,(H5-,29,30,31,32,33,36,37,38,40,41)/t19-,23+/m1/s1. The maximum Gasteiger partial charge on any atom is 0.353 e. The number of nitrogens with two attached hydrogens (primary N) is 1. The first-order chi connectivity index (χ1) is 21.2. The maximum absolute atomic E-state index is 13.5. The Kier molecular flexibility index (Phi) is 9.29. The normalized spacial score (nSPS) is 18.9. The number of aromatic hydroxyl groups is 1. The number of carboxylic acid groups (broad SMARTS) is 1. The number of thioether (sulfide) groups is 1. The zero-order chi connectivity index (χ0) is 34.4. The Hall–Kier alpha value is -4.42. The number of carbonyl (C=O) groups excluding carboxylic acids is 4. The van der Waals surface area contributed by atoms with Crippen LogP contribution in [0.4, 0.5) is 5.13 Å². The second kappa shape index (κ2) is 12.4. The Bertz CT molecular complexity index is 1700. The number of nitrogens with one attached hydrogen (secondary N) is 2. The van der Waals surface area contributed by atoms with Gasteiger partial charge in [-0.15, -0.1) is 23.1 Å². The Morgan fingerprint density at radius 3 is 2.50 bits per heavy atom. The molecule has 0 spiro atoms. The molecule has 1 saturated heterocycles. The van der Waals surface area contributed by atoms with E-state index in [1.54, 1.807) is 34.9 Å². The van der Waals surface area contributed by atoms with Crippen molar-refractivity contribution in [3.63, 3.8) is 0 Å². The number of β-lactam (4-membered cyclic amide) rings is 1. The van der Waals surface area contributed by atoms with Gasteiger partial charge in [0.1, 0.15) is 40.6 Å². The van der Waals surface area contributed by atoms with Crippen molar-refractivity contribution < 1.29 is 43.4 Å².